The van der Waals surface area contributed by atoms with Crippen LogP contribution in [0.5, 0.6) is 0 Å². The van der Waals surface area contributed by atoms with Crippen molar-refractivity contribution in [2.24, 2.45) is 5.41 Å². The third kappa shape index (κ3) is 4.44. The first-order valence-electron chi connectivity index (χ1n) is 11.2. The normalized spacial score (nSPS) is 19.6. The minimum absolute atomic E-state index is 0.159. The first-order valence-corrected chi connectivity index (χ1v) is 11.2. The lowest BCUT2D eigenvalue weighted by Crippen LogP contribution is -2.35. The number of H-pyrrole nitrogens is 1. The number of benzene rings is 1. The minimum atomic E-state index is -0.535. The van der Waals surface area contributed by atoms with Crippen molar-refractivity contribution in [2.45, 2.75) is 57.8 Å². The van der Waals surface area contributed by atoms with Crippen LogP contribution in [0, 0.1) is 16.7 Å². The number of nitriles is 1. The predicted octanol–water partition coefficient (Wildman–Crippen LogP) is 4.55. The first-order chi connectivity index (χ1) is 15.4. The summed E-state index contributed by atoms with van der Waals surface area (Å²) in [5.41, 5.74) is 4.21. The number of rotatable bonds is 6. The second-order valence-electron chi connectivity index (χ2n) is 9.71. The highest BCUT2D eigenvalue weighted by molar-refractivity contribution is 5.95. The van der Waals surface area contributed by atoms with E-state index >= 15 is 0 Å². The van der Waals surface area contributed by atoms with E-state index < -0.39 is 5.41 Å². The molecule has 0 atom stereocenters. The predicted molar refractivity (Wildman–Crippen MR) is 121 cm³/mol. The van der Waals surface area contributed by atoms with Crippen LogP contribution < -0.4 is 0 Å². The third-order valence-electron chi connectivity index (χ3n) is 6.92. The summed E-state index contributed by atoms with van der Waals surface area (Å²) in [6, 6.07) is 8.06. The van der Waals surface area contributed by atoms with Crippen molar-refractivity contribution >= 4 is 17.6 Å². The maximum atomic E-state index is 12.9. The van der Waals surface area contributed by atoms with Gasteiger partial charge in [0.15, 0.2) is 5.82 Å². The molecule has 6 heteroatoms. The number of hydrogen-bond donors (Lipinski definition) is 1. The molecule has 6 nitrogen and oxygen atoms in total. The smallest absolute Gasteiger partial charge is 0.202 e. The first kappa shape index (κ1) is 22.2. The van der Waals surface area contributed by atoms with Crippen LogP contribution in [-0.2, 0) is 21.4 Å². The molecule has 4 rings (SSSR count). The minimum Gasteiger partial charge on any atom is -0.381 e. The van der Waals surface area contributed by atoms with Crippen LogP contribution in [0.4, 0.5) is 0 Å². The van der Waals surface area contributed by atoms with Gasteiger partial charge in [-0.15, -0.1) is 0 Å². The van der Waals surface area contributed by atoms with E-state index in [4.69, 9.17) is 10.00 Å². The van der Waals surface area contributed by atoms with E-state index in [0.29, 0.717) is 26.1 Å². The lowest BCUT2D eigenvalue weighted by molar-refractivity contribution is -0.115. The molecule has 32 heavy (non-hydrogen) atoms. The maximum Gasteiger partial charge on any atom is 0.202 e. The zero-order valence-corrected chi connectivity index (χ0v) is 18.7. The van der Waals surface area contributed by atoms with E-state index in [1.807, 2.05) is 18.2 Å². The lowest BCUT2D eigenvalue weighted by atomic mass is 9.72. The molecule has 166 valence electrons. The average Bonchev–Trinajstić information content (AvgIpc) is 3.29. The molecule has 1 aromatic carbocycles. The molecule has 1 aliphatic carbocycles. The number of carbonyl (C=O) groups is 2. The van der Waals surface area contributed by atoms with E-state index in [1.54, 1.807) is 0 Å². The van der Waals surface area contributed by atoms with Gasteiger partial charge >= 0.3 is 0 Å². The summed E-state index contributed by atoms with van der Waals surface area (Å²) in [7, 11) is 0. The number of ether oxygens (including phenoxy) is 1. The van der Waals surface area contributed by atoms with E-state index in [0.717, 1.165) is 42.2 Å². The number of aromatic nitrogens is 2. The van der Waals surface area contributed by atoms with Crippen LogP contribution in [0.25, 0.3) is 5.57 Å². The highest BCUT2D eigenvalue weighted by Crippen LogP contribution is 2.41. The van der Waals surface area contributed by atoms with Crippen LogP contribution in [-0.4, -0.2) is 35.3 Å². The van der Waals surface area contributed by atoms with Crippen LogP contribution >= 0.6 is 0 Å². The number of hydrogen-bond acceptors (Lipinski definition) is 5. The van der Waals surface area contributed by atoms with Crippen molar-refractivity contribution in [2.75, 3.05) is 13.2 Å². The van der Waals surface area contributed by atoms with Crippen LogP contribution in [0.15, 0.2) is 30.5 Å². The lowest BCUT2D eigenvalue weighted by Gasteiger charge is -2.34. The molecule has 0 amide bonds. The summed E-state index contributed by atoms with van der Waals surface area (Å²) in [4.78, 5) is 31.9. The SMILES string of the molecule is CC1(C)CC=C(c2cc(C3(C=O)CCOCC3)ccc2CC(=O)c2ncc(C#N)[nH]2)CC1. The van der Waals surface area contributed by atoms with Crippen molar-refractivity contribution in [1.29, 1.82) is 5.26 Å². The molecular weight excluding hydrogens is 402 g/mol. The standard InChI is InChI=1S/C26H29N3O3/c1-25(2)7-5-18(6-8-25)22-14-20(26(17-30)9-11-32-12-10-26)4-3-19(22)13-23(31)24-28-16-21(15-27)29-24/h3-5,14,16-17H,6-13H2,1-2H3,(H,28,29). The van der Waals surface area contributed by atoms with Crippen LogP contribution in [0.1, 0.15) is 79.0 Å². The van der Waals surface area contributed by atoms with Gasteiger partial charge in [0.1, 0.15) is 18.0 Å². The Morgan fingerprint density at radius 1 is 1.28 bits per heavy atom. The average molecular weight is 432 g/mol. The van der Waals surface area contributed by atoms with Crippen molar-refractivity contribution in [3.63, 3.8) is 0 Å². The zero-order valence-electron chi connectivity index (χ0n) is 18.7. The number of carbonyl (C=O) groups excluding carboxylic acids is 2. The summed E-state index contributed by atoms with van der Waals surface area (Å²) < 4.78 is 5.51. The Bertz CT molecular complexity index is 1100. The highest BCUT2D eigenvalue weighted by atomic mass is 16.5. The van der Waals surface area contributed by atoms with Crippen molar-refractivity contribution in [1.82, 2.24) is 9.97 Å². The fourth-order valence-corrected chi connectivity index (χ4v) is 4.65. The number of Topliss-reactive ketones (excluding diaryl/α,β-unsaturated/α-hetero) is 1. The number of ketones is 1. The molecule has 0 saturated carbocycles. The summed E-state index contributed by atoms with van der Waals surface area (Å²) in [5, 5.41) is 9.00. The molecule has 0 radical (unpaired) electrons. The Labute approximate surface area is 188 Å². The number of aldehydes is 1. The number of aromatic amines is 1. The molecule has 0 unspecified atom stereocenters. The van der Waals surface area contributed by atoms with Gasteiger partial charge in [0.05, 0.1) is 11.6 Å². The Balaban J connectivity index is 1.72. The van der Waals surface area contributed by atoms with Gasteiger partial charge in [-0.2, -0.15) is 5.26 Å². The van der Waals surface area contributed by atoms with Crippen molar-refractivity contribution in [3.05, 3.63) is 58.7 Å². The van der Waals surface area contributed by atoms with Crippen LogP contribution in [0.3, 0.4) is 0 Å². The van der Waals surface area contributed by atoms with Gasteiger partial charge in [-0.25, -0.2) is 4.98 Å². The molecule has 0 spiro atoms. The number of nitrogens with one attached hydrogen (secondary N) is 1. The van der Waals surface area contributed by atoms with Gasteiger partial charge in [0, 0.05) is 19.6 Å². The summed E-state index contributed by atoms with van der Waals surface area (Å²) in [5.74, 6) is 0.0394. The van der Waals surface area contributed by atoms with Gasteiger partial charge in [0.25, 0.3) is 0 Å². The van der Waals surface area contributed by atoms with Gasteiger partial charge < -0.3 is 14.5 Å². The molecule has 2 aromatic rings. The maximum absolute atomic E-state index is 12.9. The van der Waals surface area contributed by atoms with Crippen LogP contribution in [0.2, 0.25) is 0 Å². The van der Waals surface area contributed by atoms with Crippen molar-refractivity contribution < 1.29 is 14.3 Å². The Kier molecular flexibility index (Phi) is 6.12. The number of allylic oxidation sites excluding steroid dienone is 2. The molecule has 2 heterocycles. The molecule has 1 N–H and O–H groups in total. The van der Waals surface area contributed by atoms with E-state index in [-0.39, 0.29) is 29.1 Å². The Hall–Kier alpha value is -3.04. The molecule has 1 fully saturated rings. The molecule has 0 bridgehead atoms. The topological polar surface area (TPSA) is 95.8 Å². The van der Waals surface area contributed by atoms with Gasteiger partial charge in [-0.1, -0.05) is 38.1 Å². The molecule has 2 aliphatic rings. The molecule has 1 saturated heterocycles. The molecule has 1 aliphatic heterocycles. The van der Waals surface area contributed by atoms with Gasteiger partial charge in [-0.05, 0) is 59.8 Å². The third-order valence-corrected chi connectivity index (χ3v) is 6.92. The summed E-state index contributed by atoms with van der Waals surface area (Å²) in [6.45, 7) is 5.69. The second kappa shape index (κ2) is 8.84. The second-order valence-corrected chi connectivity index (χ2v) is 9.71. The summed E-state index contributed by atoms with van der Waals surface area (Å²) >= 11 is 0. The van der Waals surface area contributed by atoms with E-state index in [2.05, 4.69) is 36.0 Å². The molecular formula is C26H29N3O3. The van der Waals surface area contributed by atoms with Gasteiger partial charge in [-0.3, -0.25) is 4.79 Å². The highest BCUT2D eigenvalue weighted by Gasteiger charge is 2.35. The van der Waals surface area contributed by atoms with Crippen molar-refractivity contribution in [3.8, 4) is 6.07 Å². The quantitative estimate of drug-likeness (QED) is 0.535. The van der Waals surface area contributed by atoms with E-state index in [1.165, 1.54) is 11.8 Å². The summed E-state index contributed by atoms with van der Waals surface area (Å²) in [6.07, 6.45) is 9.26. The fraction of sp³-hybridized carbons (Fsp3) is 0.462. The largest absolute Gasteiger partial charge is 0.381 e. The number of imidazole rings is 1. The monoisotopic (exact) mass is 431 g/mol. The van der Waals surface area contributed by atoms with E-state index in [9.17, 15) is 9.59 Å². The zero-order chi connectivity index (χ0) is 22.8. The Morgan fingerprint density at radius 2 is 2.06 bits per heavy atom. The molecule has 1 aromatic heterocycles. The Morgan fingerprint density at radius 3 is 2.69 bits per heavy atom. The number of nitrogens with zero attached hydrogens (tertiary/aromatic N) is 2. The fourth-order valence-electron chi connectivity index (χ4n) is 4.65. The van der Waals surface area contributed by atoms with Gasteiger partial charge in [0.2, 0.25) is 5.78 Å².